The first-order valence-electron chi connectivity index (χ1n) is 10.1. The second-order valence-electron chi connectivity index (χ2n) is 7.32. The van der Waals surface area contributed by atoms with Crippen molar-refractivity contribution in [3.05, 3.63) is 99.9 Å². The van der Waals surface area contributed by atoms with Crippen molar-refractivity contribution < 1.29 is 21.6 Å². The normalized spacial score (nSPS) is 11.6. The number of anilines is 3. The third-order valence-corrected chi connectivity index (χ3v) is 9.47. The zero-order valence-corrected chi connectivity index (χ0v) is 22.1. The van der Waals surface area contributed by atoms with Crippen molar-refractivity contribution in [2.24, 2.45) is 0 Å². The van der Waals surface area contributed by atoms with Gasteiger partial charge in [-0.1, -0.05) is 29.3 Å². The van der Waals surface area contributed by atoms with Crippen LogP contribution in [-0.4, -0.2) is 22.7 Å². The van der Waals surface area contributed by atoms with Gasteiger partial charge in [-0.2, -0.15) is 0 Å². The van der Waals surface area contributed by atoms with Gasteiger partial charge in [0.1, 0.15) is 4.21 Å². The molecule has 186 valence electrons. The number of sulfonamides is 2. The first-order chi connectivity index (χ1) is 17.0. The first-order valence-corrected chi connectivity index (χ1v) is 14.7. The number of hydrogen-bond donors (Lipinski definition) is 3. The zero-order chi connectivity index (χ0) is 25.9. The van der Waals surface area contributed by atoms with Crippen molar-refractivity contribution >= 4 is 77.6 Å². The van der Waals surface area contributed by atoms with Gasteiger partial charge in [0.2, 0.25) is 0 Å². The number of hydrogen-bond acceptors (Lipinski definition) is 6. The maximum Gasteiger partial charge on any atom is 0.271 e. The van der Waals surface area contributed by atoms with Gasteiger partial charge in [0.25, 0.3) is 26.0 Å². The Labute approximate surface area is 222 Å². The molecular formula is C23H17Cl2N3O5S3. The van der Waals surface area contributed by atoms with Crippen LogP contribution in [-0.2, 0) is 20.0 Å². The van der Waals surface area contributed by atoms with E-state index in [0.717, 1.165) is 11.3 Å². The van der Waals surface area contributed by atoms with Crippen molar-refractivity contribution in [1.82, 2.24) is 0 Å². The van der Waals surface area contributed by atoms with Gasteiger partial charge in [-0.3, -0.25) is 14.2 Å². The summed E-state index contributed by atoms with van der Waals surface area (Å²) in [6, 6.07) is 19.0. The van der Waals surface area contributed by atoms with Gasteiger partial charge in [-0.25, -0.2) is 16.8 Å². The Kier molecular flexibility index (Phi) is 7.57. The third kappa shape index (κ3) is 6.18. The number of benzene rings is 3. The molecule has 3 N–H and O–H groups in total. The standard InChI is InChI=1S/C23H17Cl2N3O5S3/c24-16-5-12-21(20(25)14-16)28-35(30,31)19-10-8-17(9-11-19)26-23(29)15-3-6-18(7-4-15)27-36(32,33)22-2-1-13-34-22/h1-14,27-28H,(H,26,29). The predicted molar refractivity (Wildman–Crippen MR) is 143 cm³/mol. The Morgan fingerprint density at radius 1 is 0.750 bits per heavy atom. The summed E-state index contributed by atoms with van der Waals surface area (Å²) in [7, 11) is -7.62. The number of thiophene rings is 1. The molecule has 1 aromatic heterocycles. The lowest BCUT2D eigenvalue weighted by molar-refractivity contribution is 0.102. The summed E-state index contributed by atoms with van der Waals surface area (Å²) in [5.74, 6) is -0.454. The minimum atomic E-state index is -3.93. The molecule has 0 saturated carbocycles. The molecule has 0 aliphatic rings. The number of halogens is 2. The smallest absolute Gasteiger partial charge is 0.271 e. The Bertz CT molecular complexity index is 1610. The molecule has 0 radical (unpaired) electrons. The maximum absolute atomic E-state index is 12.7. The lowest BCUT2D eigenvalue weighted by Crippen LogP contribution is -2.15. The van der Waals surface area contributed by atoms with Crippen LogP contribution in [0.15, 0.2) is 93.3 Å². The van der Waals surface area contributed by atoms with Gasteiger partial charge in [-0.15, -0.1) is 11.3 Å². The van der Waals surface area contributed by atoms with Crippen LogP contribution in [0.3, 0.4) is 0 Å². The van der Waals surface area contributed by atoms with E-state index in [0.29, 0.717) is 16.4 Å². The average Bonchev–Trinajstić information content (AvgIpc) is 3.38. The van der Waals surface area contributed by atoms with E-state index in [1.54, 1.807) is 11.4 Å². The molecule has 4 aromatic rings. The average molecular weight is 583 g/mol. The van der Waals surface area contributed by atoms with Crippen LogP contribution in [0.4, 0.5) is 17.1 Å². The van der Waals surface area contributed by atoms with E-state index < -0.39 is 26.0 Å². The van der Waals surface area contributed by atoms with E-state index in [1.807, 2.05) is 0 Å². The van der Waals surface area contributed by atoms with Crippen LogP contribution >= 0.6 is 34.5 Å². The van der Waals surface area contributed by atoms with Gasteiger partial charge >= 0.3 is 0 Å². The topological polar surface area (TPSA) is 121 Å². The number of amides is 1. The van der Waals surface area contributed by atoms with Crippen LogP contribution in [0.25, 0.3) is 0 Å². The fourth-order valence-corrected chi connectivity index (χ4v) is 6.65. The minimum absolute atomic E-state index is 0.0334. The number of carbonyl (C=O) groups is 1. The molecule has 4 rings (SSSR count). The van der Waals surface area contributed by atoms with Crippen molar-refractivity contribution in [3.63, 3.8) is 0 Å². The van der Waals surface area contributed by atoms with E-state index in [4.69, 9.17) is 23.2 Å². The molecule has 0 fully saturated rings. The lowest BCUT2D eigenvalue weighted by Gasteiger charge is -2.11. The number of rotatable bonds is 8. The Morgan fingerprint density at radius 3 is 2.03 bits per heavy atom. The minimum Gasteiger partial charge on any atom is -0.322 e. The molecule has 0 bridgehead atoms. The summed E-state index contributed by atoms with van der Waals surface area (Å²) in [5.41, 5.74) is 1.14. The van der Waals surface area contributed by atoms with Gasteiger partial charge in [0, 0.05) is 22.0 Å². The molecule has 1 heterocycles. The third-order valence-electron chi connectivity index (χ3n) is 4.76. The number of carbonyl (C=O) groups excluding carboxylic acids is 1. The second kappa shape index (κ2) is 10.5. The van der Waals surface area contributed by atoms with Gasteiger partial charge in [-0.05, 0) is 78.2 Å². The Balaban J connectivity index is 1.40. The molecule has 3 aromatic carbocycles. The summed E-state index contributed by atoms with van der Waals surface area (Å²) in [6.45, 7) is 0. The highest BCUT2D eigenvalue weighted by Crippen LogP contribution is 2.28. The van der Waals surface area contributed by atoms with E-state index >= 15 is 0 Å². The number of nitrogens with one attached hydrogen (secondary N) is 3. The molecule has 0 atom stereocenters. The SMILES string of the molecule is O=C(Nc1ccc(S(=O)(=O)Nc2ccc(Cl)cc2Cl)cc1)c1ccc(NS(=O)(=O)c2cccs2)cc1. The van der Waals surface area contributed by atoms with Crippen LogP contribution in [0.1, 0.15) is 10.4 Å². The van der Waals surface area contributed by atoms with Crippen LogP contribution < -0.4 is 14.8 Å². The van der Waals surface area contributed by atoms with Crippen molar-refractivity contribution in [1.29, 1.82) is 0 Å². The fraction of sp³-hybridized carbons (Fsp3) is 0. The molecular weight excluding hydrogens is 565 g/mol. The van der Waals surface area contributed by atoms with Crippen LogP contribution in [0, 0.1) is 0 Å². The van der Waals surface area contributed by atoms with Gasteiger partial charge in [0.15, 0.2) is 0 Å². The molecule has 36 heavy (non-hydrogen) atoms. The highest BCUT2D eigenvalue weighted by Gasteiger charge is 2.17. The molecule has 0 spiro atoms. The molecule has 0 aliphatic carbocycles. The molecule has 1 amide bonds. The van der Waals surface area contributed by atoms with Crippen molar-refractivity contribution in [3.8, 4) is 0 Å². The lowest BCUT2D eigenvalue weighted by atomic mass is 10.2. The van der Waals surface area contributed by atoms with E-state index in [2.05, 4.69) is 14.8 Å². The maximum atomic E-state index is 12.7. The quantitative estimate of drug-likeness (QED) is 0.239. The molecule has 8 nitrogen and oxygen atoms in total. The zero-order valence-electron chi connectivity index (χ0n) is 18.1. The van der Waals surface area contributed by atoms with E-state index in [9.17, 15) is 21.6 Å². The monoisotopic (exact) mass is 581 g/mol. The molecule has 0 aliphatic heterocycles. The summed E-state index contributed by atoms with van der Waals surface area (Å²) >= 11 is 13.0. The predicted octanol–water partition coefficient (Wildman–Crippen LogP) is 5.91. The second-order valence-corrected chi connectivity index (χ2v) is 12.7. The van der Waals surface area contributed by atoms with E-state index in [1.165, 1.54) is 72.8 Å². The summed E-state index contributed by atoms with van der Waals surface area (Å²) in [4.78, 5) is 12.5. The summed E-state index contributed by atoms with van der Waals surface area (Å²) in [5, 5.41) is 4.85. The highest BCUT2D eigenvalue weighted by atomic mass is 35.5. The van der Waals surface area contributed by atoms with Crippen molar-refractivity contribution in [2.45, 2.75) is 9.10 Å². The highest BCUT2D eigenvalue weighted by molar-refractivity contribution is 7.94. The van der Waals surface area contributed by atoms with Gasteiger partial charge < -0.3 is 5.32 Å². The molecule has 0 saturated heterocycles. The van der Waals surface area contributed by atoms with Crippen LogP contribution in [0.2, 0.25) is 10.0 Å². The Morgan fingerprint density at radius 2 is 1.42 bits per heavy atom. The summed E-state index contributed by atoms with van der Waals surface area (Å²) in [6.07, 6.45) is 0. The molecule has 13 heteroatoms. The summed E-state index contributed by atoms with van der Waals surface area (Å²) < 4.78 is 55.0. The largest absolute Gasteiger partial charge is 0.322 e. The fourth-order valence-electron chi connectivity index (χ4n) is 3.01. The first kappa shape index (κ1) is 26.0. The Hall–Kier alpha value is -3.09. The molecule has 0 unspecified atom stereocenters. The van der Waals surface area contributed by atoms with E-state index in [-0.39, 0.29) is 25.4 Å². The van der Waals surface area contributed by atoms with Crippen molar-refractivity contribution in [2.75, 3.05) is 14.8 Å². The van der Waals surface area contributed by atoms with Crippen LogP contribution in [0.5, 0.6) is 0 Å². The van der Waals surface area contributed by atoms with Gasteiger partial charge in [0.05, 0.1) is 15.6 Å².